The van der Waals surface area contributed by atoms with Crippen LogP contribution < -0.4 is 10.6 Å². The van der Waals surface area contributed by atoms with E-state index in [0.29, 0.717) is 6.04 Å². The summed E-state index contributed by atoms with van der Waals surface area (Å²) in [5.41, 5.74) is 3.29. The summed E-state index contributed by atoms with van der Waals surface area (Å²) in [6.45, 7) is 2.69. The SMILES string of the molecule is CNC1CCCN(C(=O)c2ccc3c(c2)CCN3)C1.Cl.Cl. The Hall–Kier alpha value is -0.970. The van der Waals surface area contributed by atoms with Crippen LogP contribution in [-0.2, 0) is 6.42 Å². The Kier molecular flexibility index (Phi) is 6.78. The highest BCUT2D eigenvalue weighted by atomic mass is 35.5. The van der Waals surface area contributed by atoms with Gasteiger partial charge in [-0.25, -0.2) is 0 Å². The number of carbonyl (C=O) groups excluding carboxylic acids is 1. The van der Waals surface area contributed by atoms with E-state index in [1.54, 1.807) is 0 Å². The van der Waals surface area contributed by atoms with E-state index in [1.165, 1.54) is 11.3 Å². The number of amides is 1. The molecule has 118 valence electrons. The molecule has 4 nitrogen and oxygen atoms in total. The van der Waals surface area contributed by atoms with Gasteiger partial charge in [-0.05, 0) is 50.1 Å². The number of hydrogen-bond donors (Lipinski definition) is 2. The molecule has 1 amide bonds. The van der Waals surface area contributed by atoms with Crippen molar-refractivity contribution >= 4 is 36.4 Å². The Morgan fingerprint density at radius 1 is 1.38 bits per heavy atom. The molecule has 2 heterocycles. The first kappa shape index (κ1) is 18.1. The summed E-state index contributed by atoms with van der Waals surface area (Å²) in [5, 5.41) is 6.61. The van der Waals surface area contributed by atoms with Crippen molar-refractivity contribution in [1.82, 2.24) is 10.2 Å². The molecule has 0 radical (unpaired) electrons. The average Bonchev–Trinajstić information content (AvgIpc) is 2.94. The molecule has 1 saturated heterocycles. The third-order valence-corrected chi connectivity index (χ3v) is 4.18. The van der Waals surface area contributed by atoms with Gasteiger partial charge in [-0.3, -0.25) is 4.79 Å². The summed E-state index contributed by atoms with van der Waals surface area (Å²) in [7, 11) is 1.97. The second-order valence-corrected chi connectivity index (χ2v) is 5.43. The minimum atomic E-state index is 0. The molecule has 1 atom stereocenters. The minimum absolute atomic E-state index is 0. The van der Waals surface area contributed by atoms with Crippen molar-refractivity contribution in [2.75, 3.05) is 32.0 Å². The van der Waals surface area contributed by atoms with Crippen LogP contribution in [0.15, 0.2) is 18.2 Å². The molecule has 0 aromatic heterocycles. The first-order valence-electron chi connectivity index (χ1n) is 7.11. The van der Waals surface area contributed by atoms with Gasteiger partial charge >= 0.3 is 0 Å². The maximum Gasteiger partial charge on any atom is 0.253 e. The van der Waals surface area contributed by atoms with Crippen molar-refractivity contribution < 1.29 is 4.79 Å². The zero-order chi connectivity index (χ0) is 13.2. The number of halogens is 2. The predicted molar refractivity (Wildman–Crippen MR) is 91.1 cm³/mol. The monoisotopic (exact) mass is 331 g/mol. The lowest BCUT2D eigenvalue weighted by atomic mass is 10.0. The number of nitrogens with zero attached hydrogens (tertiary/aromatic N) is 1. The summed E-state index contributed by atoms with van der Waals surface area (Å²) in [5.74, 6) is 0.176. The van der Waals surface area contributed by atoms with Crippen LogP contribution in [0.4, 0.5) is 5.69 Å². The van der Waals surface area contributed by atoms with Crippen molar-refractivity contribution in [2.24, 2.45) is 0 Å². The first-order valence-corrected chi connectivity index (χ1v) is 7.11. The fraction of sp³-hybridized carbons (Fsp3) is 0.533. The lowest BCUT2D eigenvalue weighted by Crippen LogP contribution is -2.46. The van der Waals surface area contributed by atoms with Crippen molar-refractivity contribution in [3.05, 3.63) is 29.3 Å². The van der Waals surface area contributed by atoms with Crippen LogP contribution in [0.1, 0.15) is 28.8 Å². The summed E-state index contributed by atoms with van der Waals surface area (Å²) in [6.07, 6.45) is 3.27. The van der Waals surface area contributed by atoms with E-state index < -0.39 is 0 Å². The fourth-order valence-corrected chi connectivity index (χ4v) is 3.02. The Morgan fingerprint density at radius 2 is 2.19 bits per heavy atom. The van der Waals surface area contributed by atoms with Gasteiger partial charge in [-0.1, -0.05) is 0 Å². The summed E-state index contributed by atoms with van der Waals surface area (Å²) in [6, 6.07) is 6.48. The summed E-state index contributed by atoms with van der Waals surface area (Å²) in [4.78, 5) is 14.5. The normalized spacial score (nSPS) is 19.9. The topological polar surface area (TPSA) is 44.4 Å². The van der Waals surface area contributed by atoms with Gasteiger partial charge in [0.2, 0.25) is 0 Å². The molecular formula is C15H23Cl2N3O. The van der Waals surface area contributed by atoms with Gasteiger partial charge < -0.3 is 15.5 Å². The summed E-state index contributed by atoms with van der Waals surface area (Å²) < 4.78 is 0. The maximum absolute atomic E-state index is 12.5. The van der Waals surface area contributed by atoms with E-state index in [1.807, 2.05) is 24.1 Å². The van der Waals surface area contributed by atoms with E-state index in [-0.39, 0.29) is 30.7 Å². The highest BCUT2D eigenvalue weighted by Crippen LogP contribution is 2.24. The predicted octanol–water partition coefficient (Wildman–Crippen LogP) is 2.32. The second kappa shape index (κ2) is 7.87. The van der Waals surface area contributed by atoms with Crippen LogP contribution in [0.25, 0.3) is 0 Å². The number of carbonyl (C=O) groups is 1. The first-order chi connectivity index (χ1) is 9.28. The highest BCUT2D eigenvalue weighted by molar-refractivity contribution is 5.95. The Balaban J connectivity index is 0.00000110. The number of fused-ring (bicyclic) bond motifs is 1. The van der Waals surface area contributed by atoms with Crippen LogP contribution >= 0.6 is 24.8 Å². The molecule has 1 fully saturated rings. The molecule has 1 aromatic rings. The molecule has 0 bridgehead atoms. The lowest BCUT2D eigenvalue weighted by molar-refractivity contribution is 0.0698. The Bertz CT molecular complexity index is 496. The van der Waals surface area contributed by atoms with Crippen LogP contribution in [0.5, 0.6) is 0 Å². The van der Waals surface area contributed by atoms with E-state index in [2.05, 4.69) is 16.7 Å². The van der Waals surface area contributed by atoms with Gasteiger partial charge in [0.25, 0.3) is 5.91 Å². The lowest BCUT2D eigenvalue weighted by Gasteiger charge is -2.32. The largest absolute Gasteiger partial charge is 0.384 e. The van der Waals surface area contributed by atoms with Crippen LogP contribution in [0, 0.1) is 0 Å². The quantitative estimate of drug-likeness (QED) is 0.874. The molecule has 2 aliphatic rings. The number of likely N-dealkylation sites (N-methyl/N-ethyl adjacent to an activating group) is 1. The summed E-state index contributed by atoms with van der Waals surface area (Å²) >= 11 is 0. The number of piperidine rings is 1. The number of rotatable bonds is 2. The van der Waals surface area contributed by atoms with Gasteiger partial charge in [0.15, 0.2) is 0 Å². The number of nitrogens with one attached hydrogen (secondary N) is 2. The molecule has 2 N–H and O–H groups in total. The van der Waals surface area contributed by atoms with Gasteiger partial charge in [0.1, 0.15) is 0 Å². The average molecular weight is 332 g/mol. The zero-order valence-corrected chi connectivity index (χ0v) is 13.9. The molecule has 0 aliphatic carbocycles. The van der Waals surface area contributed by atoms with E-state index >= 15 is 0 Å². The standard InChI is InChI=1S/C15H21N3O.2ClH/c1-16-13-3-2-8-18(10-13)15(19)12-4-5-14-11(9-12)6-7-17-14;;/h4-5,9,13,16-17H,2-3,6-8,10H2,1H3;2*1H. The van der Waals surface area contributed by atoms with E-state index in [4.69, 9.17) is 0 Å². The number of likely N-dealkylation sites (tertiary alicyclic amines) is 1. The van der Waals surface area contributed by atoms with Crippen molar-refractivity contribution in [3.63, 3.8) is 0 Å². The van der Waals surface area contributed by atoms with E-state index in [0.717, 1.165) is 44.5 Å². The van der Waals surface area contributed by atoms with Crippen molar-refractivity contribution in [3.8, 4) is 0 Å². The molecule has 1 unspecified atom stereocenters. The highest BCUT2D eigenvalue weighted by Gasteiger charge is 2.24. The second-order valence-electron chi connectivity index (χ2n) is 5.43. The van der Waals surface area contributed by atoms with Crippen LogP contribution in [-0.4, -0.2) is 43.5 Å². The number of anilines is 1. The van der Waals surface area contributed by atoms with Gasteiger partial charge in [0, 0.05) is 36.9 Å². The zero-order valence-electron chi connectivity index (χ0n) is 12.2. The van der Waals surface area contributed by atoms with Gasteiger partial charge in [-0.15, -0.1) is 24.8 Å². The maximum atomic E-state index is 12.5. The molecule has 3 rings (SSSR count). The molecule has 0 saturated carbocycles. The molecule has 6 heteroatoms. The third-order valence-electron chi connectivity index (χ3n) is 4.18. The molecule has 1 aromatic carbocycles. The smallest absolute Gasteiger partial charge is 0.253 e. The van der Waals surface area contributed by atoms with Gasteiger partial charge in [0.05, 0.1) is 0 Å². The Morgan fingerprint density at radius 3 is 2.95 bits per heavy atom. The molecule has 21 heavy (non-hydrogen) atoms. The van der Waals surface area contributed by atoms with Crippen molar-refractivity contribution in [2.45, 2.75) is 25.3 Å². The minimum Gasteiger partial charge on any atom is -0.384 e. The fourth-order valence-electron chi connectivity index (χ4n) is 3.02. The Labute approximate surface area is 138 Å². The third kappa shape index (κ3) is 3.82. The molecule has 0 spiro atoms. The van der Waals surface area contributed by atoms with Crippen molar-refractivity contribution in [1.29, 1.82) is 0 Å². The number of hydrogen-bond acceptors (Lipinski definition) is 3. The van der Waals surface area contributed by atoms with Crippen LogP contribution in [0.2, 0.25) is 0 Å². The van der Waals surface area contributed by atoms with E-state index in [9.17, 15) is 4.79 Å². The molecular weight excluding hydrogens is 309 g/mol. The number of benzene rings is 1. The molecule has 2 aliphatic heterocycles. The van der Waals surface area contributed by atoms with Gasteiger partial charge in [-0.2, -0.15) is 0 Å². The van der Waals surface area contributed by atoms with Crippen LogP contribution in [0.3, 0.4) is 0 Å².